The second-order valence-corrected chi connectivity index (χ2v) is 11.9. The first-order chi connectivity index (χ1) is 14.2. The van der Waals surface area contributed by atoms with Gasteiger partial charge in [0.25, 0.3) is 0 Å². The minimum atomic E-state index is -0.595. The van der Waals surface area contributed by atoms with Gasteiger partial charge in [-0.15, -0.1) is 0 Å². The van der Waals surface area contributed by atoms with Crippen molar-refractivity contribution in [1.82, 2.24) is 4.98 Å². The van der Waals surface area contributed by atoms with Crippen molar-refractivity contribution in [1.29, 1.82) is 0 Å². The SMILES string of the molecule is C[C@]12CC[C@H]3[C@@H](CC=C4C[C@@H](O)CC[C@@]43C)[C@@H]1CC[C@@H]2[C@](C)(O)CCc1cc[nH]c1. The molecule has 0 unspecified atom stereocenters. The second-order valence-electron chi connectivity index (χ2n) is 11.9. The lowest BCUT2D eigenvalue weighted by atomic mass is 9.46. The van der Waals surface area contributed by atoms with Crippen LogP contribution in [0.3, 0.4) is 0 Å². The number of H-pyrrole nitrogens is 1. The van der Waals surface area contributed by atoms with Crippen LogP contribution < -0.4 is 0 Å². The summed E-state index contributed by atoms with van der Waals surface area (Å²) in [5.74, 6) is 2.67. The minimum absolute atomic E-state index is 0.124. The Morgan fingerprint density at radius 3 is 2.73 bits per heavy atom. The van der Waals surface area contributed by atoms with E-state index in [0.29, 0.717) is 11.3 Å². The fourth-order valence-corrected chi connectivity index (χ4v) is 8.75. The smallest absolute Gasteiger partial charge is 0.0656 e. The third kappa shape index (κ3) is 3.14. The van der Waals surface area contributed by atoms with Crippen LogP contribution >= 0.6 is 0 Å². The first-order valence-electron chi connectivity index (χ1n) is 12.5. The molecule has 0 saturated heterocycles. The van der Waals surface area contributed by atoms with Gasteiger partial charge in [0.2, 0.25) is 0 Å². The summed E-state index contributed by atoms with van der Waals surface area (Å²) in [6.45, 7) is 7.14. The van der Waals surface area contributed by atoms with Crippen molar-refractivity contribution in [3.05, 3.63) is 35.7 Å². The summed E-state index contributed by atoms with van der Waals surface area (Å²) in [6.07, 6.45) is 17.5. The molecule has 1 aromatic rings. The molecule has 0 spiro atoms. The normalized spacial score (nSPS) is 45.1. The molecule has 3 N–H and O–H groups in total. The molecule has 3 saturated carbocycles. The minimum Gasteiger partial charge on any atom is -0.393 e. The lowest BCUT2D eigenvalue weighted by Gasteiger charge is -2.59. The highest BCUT2D eigenvalue weighted by Gasteiger charge is 2.61. The summed E-state index contributed by atoms with van der Waals surface area (Å²) in [7, 11) is 0. The highest BCUT2D eigenvalue weighted by Crippen LogP contribution is 2.67. The molecular weight excluding hydrogens is 370 g/mol. The average Bonchev–Trinajstić information content (AvgIpc) is 3.34. The number of hydrogen-bond acceptors (Lipinski definition) is 2. The number of rotatable bonds is 4. The van der Waals surface area contributed by atoms with Crippen LogP contribution in [-0.2, 0) is 6.42 Å². The van der Waals surface area contributed by atoms with Gasteiger partial charge in [0.1, 0.15) is 0 Å². The van der Waals surface area contributed by atoms with Gasteiger partial charge in [-0.25, -0.2) is 0 Å². The molecule has 1 aromatic heterocycles. The lowest BCUT2D eigenvalue weighted by Crippen LogP contribution is -2.53. The maximum atomic E-state index is 11.6. The molecule has 30 heavy (non-hydrogen) atoms. The van der Waals surface area contributed by atoms with Gasteiger partial charge in [0.15, 0.2) is 0 Å². The molecule has 0 bridgehead atoms. The molecule has 3 nitrogen and oxygen atoms in total. The lowest BCUT2D eigenvalue weighted by molar-refractivity contribution is -0.104. The maximum Gasteiger partial charge on any atom is 0.0656 e. The van der Waals surface area contributed by atoms with Gasteiger partial charge in [0, 0.05) is 12.4 Å². The van der Waals surface area contributed by atoms with Crippen LogP contribution in [0.1, 0.15) is 84.1 Å². The standard InChI is InChI=1S/C27H41NO2/c1-25-12-9-20(29)16-19(25)4-5-21-22-6-7-24(26(22,2)13-10-23(21)25)27(3,30)14-8-18-11-15-28-17-18/h4,11,15,17,20-24,28-30H,5-10,12-14,16H2,1-3H3/t20-,21-,22-,23-,24-,25-,26-,27+/m0/s1. The van der Waals surface area contributed by atoms with Crippen molar-refractivity contribution in [2.45, 2.75) is 96.7 Å². The van der Waals surface area contributed by atoms with Gasteiger partial charge in [-0.05, 0) is 117 Å². The summed E-state index contributed by atoms with van der Waals surface area (Å²) in [4.78, 5) is 3.15. The highest BCUT2D eigenvalue weighted by molar-refractivity contribution is 5.25. The monoisotopic (exact) mass is 411 g/mol. The van der Waals surface area contributed by atoms with E-state index in [2.05, 4.69) is 44.1 Å². The molecule has 1 heterocycles. The Balaban J connectivity index is 1.36. The summed E-state index contributed by atoms with van der Waals surface area (Å²) in [5, 5.41) is 21.9. The van der Waals surface area contributed by atoms with Gasteiger partial charge in [0.05, 0.1) is 11.7 Å². The predicted octanol–water partition coefficient (Wildman–Crippen LogP) is 5.64. The highest BCUT2D eigenvalue weighted by atomic mass is 16.3. The van der Waals surface area contributed by atoms with Crippen molar-refractivity contribution < 1.29 is 10.2 Å². The molecule has 0 radical (unpaired) electrons. The van der Waals surface area contributed by atoms with Crippen LogP contribution in [0.4, 0.5) is 0 Å². The third-order valence-corrected chi connectivity index (χ3v) is 10.4. The molecule has 5 rings (SSSR count). The molecule has 0 aromatic carbocycles. The Kier molecular flexibility index (Phi) is 5.02. The van der Waals surface area contributed by atoms with E-state index in [4.69, 9.17) is 0 Å². The third-order valence-electron chi connectivity index (χ3n) is 10.4. The number of fused-ring (bicyclic) bond motifs is 5. The van der Waals surface area contributed by atoms with Crippen molar-refractivity contribution in [3.63, 3.8) is 0 Å². The van der Waals surface area contributed by atoms with Crippen molar-refractivity contribution in [3.8, 4) is 0 Å². The van der Waals surface area contributed by atoms with E-state index in [1.165, 1.54) is 37.7 Å². The molecule has 4 aliphatic rings. The van der Waals surface area contributed by atoms with Gasteiger partial charge in [-0.3, -0.25) is 0 Å². The van der Waals surface area contributed by atoms with Crippen LogP contribution in [0.2, 0.25) is 0 Å². The average molecular weight is 412 g/mol. The Hall–Kier alpha value is -1.06. The zero-order chi connectivity index (χ0) is 21.1. The fourth-order valence-electron chi connectivity index (χ4n) is 8.75. The predicted molar refractivity (Wildman–Crippen MR) is 121 cm³/mol. The number of aliphatic hydroxyl groups excluding tert-OH is 1. The summed E-state index contributed by atoms with van der Waals surface area (Å²) >= 11 is 0. The molecule has 8 atom stereocenters. The Morgan fingerprint density at radius 2 is 1.97 bits per heavy atom. The molecule has 166 valence electrons. The van der Waals surface area contributed by atoms with Crippen LogP contribution in [0.25, 0.3) is 0 Å². The van der Waals surface area contributed by atoms with Gasteiger partial charge in [-0.1, -0.05) is 25.5 Å². The summed E-state index contributed by atoms with van der Waals surface area (Å²) in [6, 6.07) is 2.13. The van der Waals surface area contributed by atoms with E-state index >= 15 is 0 Å². The second kappa shape index (κ2) is 7.24. The van der Waals surface area contributed by atoms with Crippen molar-refractivity contribution >= 4 is 0 Å². The van der Waals surface area contributed by atoms with E-state index in [9.17, 15) is 10.2 Å². The van der Waals surface area contributed by atoms with E-state index in [1.807, 2.05) is 6.20 Å². The summed E-state index contributed by atoms with van der Waals surface area (Å²) < 4.78 is 0. The maximum absolute atomic E-state index is 11.6. The number of aliphatic hydroxyl groups is 2. The molecule has 3 fully saturated rings. The number of aromatic amines is 1. The zero-order valence-corrected chi connectivity index (χ0v) is 19.2. The van der Waals surface area contributed by atoms with Crippen molar-refractivity contribution in [2.24, 2.45) is 34.5 Å². The van der Waals surface area contributed by atoms with Gasteiger partial charge >= 0.3 is 0 Å². The van der Waals surface area contributed by atoms with E-state index < -0.39 is 5.60 Å². The number of aromatic nitrogens is 1. The number of hydrogen-bond donors (Lipinski definition) is 3. The van der Waals surface area contributed by atoms with E-state index in [-0.39, 0.29) is 11.5 Å². The Labute approximate surface area is 182 Å². The summed E-state index contributed by atoms with van der Waals surface area (Å²) in [5.41, 5.74) is 2.83. The molecule has 3 heteroatoms. The van der Waals surface area contributed by atoms with E-state index in [1.54, 1.807) is 5.57 Å². The molecule has 4 aliphatic carbocycles. The zero-order valence-electron chi connectivity index (χ0n) is 19.2. The number of aryl methyl sites for hydroxylation is 1. The Morgan fingerprint density at radius 1 is 1.13 bits per heavy atom. The van der Waals surface area contributed by atoms with Crippen LogP contribution in [-0.4, -0.2) is 26.9 Å². The number of nitrogens with one attached hydrogen (secondary N) is 1. The molecule has 0 amide bonds. The van der Waals surface area contributed by atoms with Crippen LogP contribution in [0.15, 0.2) is 30.1 Å². The van der Waals surface area contributed by atoms with Gasteiger partial charge in [-0.2, -0.15) is 0 Å². The first-order valence-corrected chi connectivity index (χ1v) is 12.5. The van der Waals surface area contributed by atoms with Crippen molar-refractivity contribution in [2.75, 3.05) is 0 Å². The fraction of sp³-hybridized carbons (Fsp3) is 0.778. The number of allylic oxidation sites excluding steroid dienone is 1. The molecular formula is C27H41NO2. The van der Waals surface area contributed by atoms with Crippen LogP contribution in [0.5, 0.6) is 0 Å². The largest absolute Gasteiger partial charge is 0.393 e. The van der Waals surface area contributed by atoms with Gasteiger partial charge < -0.3 is 15.2 Å². The van der Waals surface area contributed by atoms with E-state index in [0.717, 1.165) is 49.9 Å². The Bertz CT molecular complexity index is 796. The quantitative estimate of drug-likeness (QED) is 0.562. The van der Waals surface area contributed by atoms with Crippen LogP contribution in [0, 0.1) is 34.5 Å². The first kappa shape index (κ1) is 20.8. The topological polar surface area (TPSA) is 56.2 Å². The molecule has 0 aliphatic heterocycles.